The Morgan fingerprint density at radius 2 is 1.96 bits per heavy atom. The molecule has 0 spiro atoms. The van der Waals surface area contributed by atoms with E-state index in [0.29, 0.717) is 23.3 Å². The van der Waals surface area contributed by atoms with Crippen molar-refractivity contribution >= 4 is 17.4 Å². The van der Waals surface area contributed by atoms with Gasteiger partial charge in [0.15, 0.2) is 0 Å². The molecule has 0 bridgehead atoms. The lowest BCUT2D eigenvalue weighted by Crippen LogP contribution is -2.17. The number of aromatic nitrogens is 2. The molecule has 0 atom stereocenters. The molecular weight excluding hydrogens is 300 g/mol. The van der Waals surface area contributed by atoms with Crippen molar-refractivity contribution < 1.29 is 4.79 Å². The summed E-state index contributed by atoms with van der Waals surface area (Å²) in [6.07, 6.45) is 1.91. The first-order valence-corrected chi connectivity index (χ1v) is 8.48. The second kappa shape index (κ2) is 8.43. The Labute approximate surface area is 143 Å². The van der Waals surface area contributed by atoms with Crippen LogP contribution in [-0.2, 0) is 6.42 Å². The van der Waals surface area contributed by atoms with Crippen LogP contribution in [0.15, 0.2) is 30.3 Å². The molecule has 1 heterocycles. The number of nitrogens with zero attached hydrogens (tertiary/aromatic N) is 2. The highest BCUT2D eigenvalue weighted by Gasteiger charge is 2.12. The summed E-state index contributed by atoms with van der Waals surface area (Å²) in [5, 5.41) is 6.22. The van der Waals surface area contributed by atoms with Gasteiger partial charge in [-0.1, -0.05) is 39.0 Å². The molecule has 128 valence electrons. The predicted octanol–water partition coefficient (Wildman–Crippen LogP) is 4.06. The van der Waals surface area contributed by atoms with E-state index in [1.165, 1.54) is 0 Å². The molecule has 1 aromatic carbocycles. The van der Waals surface area contributed by atoms with Gasteiger partial charge in [-0.3, -0.25) is 4.79 Å². The van der Waals surface area contributed by atoms with Crippen LogP contribution in [0.2, 0.25) is 0 Å². The molecule has 0 aliphatic rings. The molecule has 0 saturated carbocycles. The summed E-state index contributed by atoms with van der Waals surface area (Å²) in [7, 11) is 0. The van der Waals surface area contributed by atoms with Crippen LogP contribution in [0.25, 0.3) is 0 Å². The van der Waals surface area contributed by atoms with E-state index in [0.717, 1.165) is 30.6 Å². The molecular formula is C19H26N4O. The molecule has 24 heavy (non-hydrogen) atoms. The summed E-state index contributed by atoms with van der Waals surface area (Å²) in [5.74, 6) is 1.68. The molecule has 0 aliphatic heterocycles. The van der Waals surface area contributed by atoms with Crippen molar-refractivity contribution in [1.82, 2.24) is 9.97 Å². The first-order chi connectivity index (χ1) is 11.5. The summed E-state index contributed by atoms with van der Waals surface area (Å²) in [5.41, 5.74) is 2.31. The fourth-order valence-corrected chi connectivity index (χ4v) is 2.40. The monoisotopic (exact) mass is 326 g/mol. The first kappa shape index (κ1) is 17.9. The maximum Gasteiger partial charge on any atom is 0.274 e. The van der Waals surface area contributed by atoms with Gasteiger partial charge in [-0.2, -0.15) is 0 Å². The van der Waals surface area contributed by atoms with E-state index >= 15 is 0 Å². The highest BCUT2D eigenvalue weighted by Crippen LogP contribution is 2.17. The lowest BCUT2D eigenvalue weighted by molar-refractivity contribution is 0.102. The summed E-state index contributed by atoms with van der Waals surface area (Å²) in [6.45, 7) is 9.04. The lowest BCUT2D eigenvalue weighted by atomic mass is 10.1. The van der Waals surface area contributed by atoms with Gasteiger partial charge in [0.1, 0.15) is 17.3 Å². The third kappa shape index (κ3) is 5.05. The maximum absolute atomic E-state index is 12.5. The van der Waals surface area contributed by atoms with Gasteiger partial charge in [0.2, 0.25) is 0 Å². The van der Waals surface area contributed by atoms with E-state index in [1.807, 2.05) is 24.3 Å². The van der Waals surface area contributed by atoms with E-state index in [-0.39, 0.29) is 5.91 Å². The average Bonchev–Trinajstić information content (AvgIpc) is 2.54. The van der Waals surface area contributed by atoms with Gasteiger partial charge >= 0.3 is 0 Å². The number of amides is 1. The normalized spacial score (nSPS) is 10.7. The van der Waals surface area contributed by atoms with Gasteiger partial charge in [0.05, 0.1) is 0 Å². The summed E-state index contributed by atoms with van der Waals surface area (Å²) < 4.78 is 0. The molecule has 0 fully saturated rings. The smallest absolute Gasteiger partial charge is 0.274 e. The molecule has 0 unspecified atom stereocenters. The van der Waals surface area contributed by atoms with Crippen LogP contribution in [0.1, 0.15) is 49.1 Å². The van der Waals surface area contributed by atoms with Crippen molar-refractivity contribution in [2.45, 2.75) is 40.5 Å². The molecule has 1 aromatic heterocycles. The van der Waals surface area contributed by atoms with Crippen LogP contribution < -0.4 is 10.6 Å². The molecule has 0 radical (unpaired) electrons. The van der Waals surface area contributed by atoms with Gasteiger partial charge in [-0.05, 0) is 37.3 Å². The quantitative estimate of drug-likeness (QED) is 0.805. The zero-order chi connectivity index (χ0) is 17.5. The SMILES string of the molecule is CCc1ccccc1NC(=O)c1cc(NCCC(C)C)nc(C)n1. The Balaban J connectivity index is 2.12. The topological polar surface area (TPSA) is 66.9 Å². The first-order valence-electron chi connectivity index (χ1n) is 8.48. The number of carbonyl (C=O) groups excluding carboxylic acids is 1. The van der Waals surface area contributed by atoms with E-state index in [9.17, 15) is 4.79 Å². The Hall–Kier alpha value is -2.43. The van der Waals surface area contributed by atoms with Crippen LogP contribution >= 0.6 is 0 Å². The molecule has 1 amide bonds. The number of benzene rings is 1. The third-order valence-electron chi connectivity index (χ3n) is 3.74. The fourth-order valence-electron chi connectivity index (χ4n) is 2.40. The van der Waals surface area contributed by atoms with Crippen LogP contribution in [0, 0.1) is 12.8 Å². The number of rotatable bonds is 7. The minimum Gasteiger partial charge on any atom is -0.370 e. The molecule has 5 nitrogen and oxygen atoms in total. The molecule has 0 aliphatic carbocycles. The zero-order valence-corrected chi connectivity index (χ0v) is 14.9. The Kier molecular flexibility index (Phi) is 6.29. The highest BCUT2D eigenvalue weighted by molar-refractivity contribution is 6.03. The summed E-state index contributed by atoms with van der Waals surface area (Å²) in [4.78, 5) is 21.2. The van der Waals surface area contributed by atoms with Gasteiger partial charge in [0.25, 0.3) is 5.91 Å². The van der Waals surface area contributed by atoms with Crippen molar-refractivity contribution in [3.8, 4) is 0 Å². The number of para-hydroxylation sites is 1. The predicted molar refractivity (Wildman–Crippen MR) is 98.5 cm³/mol. The van der Waals surface area contributed by atoms with Crippen LogP contribution in [0.4, 0.5) is 11.5 Å². The van der Waals surface area contributed by atoms with Crippen molar-refractivity contribution in [3.05, 3.63) is 47.4 Å². The Morgan fingerprint density at radius 3 is 2.67 bits per heavy atom. The summed E-state index contributed by atoms with van der Waals surface area (Å²) in [6, 6.07) is 9.52. The van der Waals surface area contributed by atoms with Crippen LogP contribution in [0.3, 0.4) is 0 Å². The lowest BCUT2D eigenvalue weighted by Gasteiger charge is -2.11. The number of hydrogen-bond donors (Lipinski definition) is 2. The van der Waals surface area contributed by atoms with Gasteiger partial charge in [-0.15, -0.1) is 0 Å². The fraction of sp³-hybridized carbons (Fsp3) is 0.421. The van der Waals surface area contributed by atoms with E-state index in [2.05, 4.69) is 41.4 Å². The molecule has 2 rings (SSSR count). The molecule has 0 saturated heterocycles. The Bertz CT molecular complexity index is 698. The molecule has 2 N–H and O–H groups in total. The maximum atomic E-state index is 12.5. The van der Waals surface area contributed by atoms with Crippen LogP contribution in [0.5, 0.6) is 0 Å². The van der Waals surface area contributed by atoms with Gasteiger partial charge < -0.3 is 10.6 Å². The number of hydrogen-bond acceptors (Lipinski definition) is 4. The van der Waals surface area contributed by atoms with E-state index in [4.69, 9.17) is 0 Å². The molecule has 2 aromatic rings. The highest BCUT2D eigenvalue weighted by atomic mass is 16.1. The van der Waals surface area contributed by atoms with E-state index < -0.39 is 0 Å². The Morgan fingerprint density at radius 1 is 1.21 bits per heavy atom. The largest absolute Gasteiger partial charge is 0.370 e. The average molecular weight is 326 g/mol. The number of nitrogens with one attached hydrogen (secondary N) is 2. The van der Waals surface area contributed by atoms with Gasteiger partial charge in [-0.25, -0.2) is 9.97 Å². The second-order valence-electron chi connectivity index (χ2n) is 6.26. The third-order valence-corrected chi connectivity index (χ3v) is 3.74. The number of aryl methyl sites for hydroxylation is 2. The minimum atomic E-state index is -0.215. The van der Waals surface area contributed by atoms with Crippen molar-refractivity contribution in [3.63, 3.8) is 0 Å². The van der Waals surface area contributed by atoms with E-state index in [1.54, 1.807) is 13.0 Å². The number of carbonyl (C=O) groups is 1. The van der Waals surface area contributed by atoms with Gasteiger partial charge in [0, 0.05) is 18.3 Å². The molecule has 5 heteroatoms. The minimum absolute atomic E-state index is 0.215. The number of anilines is 2. The standard InChI is InChI=1S/C19H26N4O/c1-5-15-8-6-7-9-16(15)23-19(24)17-12-18(22-14(4)21-17)20-11-10-13(2)3/h6-9,12-13H,5,10-11H2,1-4H3,(H,23,24)(H,20,21,22). The zero-order valence-electron chi connectivity index (χ0n) is 14.9. The van der Waals surface area contributed by atoms with Crippen LogP contribution in [-0.4, -0.2) is 22.4 Å². The van der Waals surface area contributed by atoms with Crippen molar-refractivity contribution in [1.29, 1.82) is 0 Å². The van der Waals surface area contributed by atoms with Crippen molar-refractivity contribution in [2.24, 2.45) is 5.92 Å². The second-order valence-corrected chi connectivity index (χ2v) is 6.26. The van der Waals surface area contributed by atoms with Crippen molar-refractivity contribution in [2.75, 3.05) is 17.2 Å². The summed E-state index contributed by atoms with van der Waals surface area (Å²) >= 11 is 0.